The van der Waals surface area contributed by atoms with E-state index in [2.05, 4.69) is 25.6 Å². The Hall–Kier alpha value is -1.87. The molecular weight excluding hydrogens is 290 g/mol. The number of aromatic nitrogens is 5. The number of H-pyrrole nitrogens is 1. The van der Waals surface area contributed by atoms with E-state index in [9.17, 15) is 4.79 Å². The Morgan fingerprint density at radius 3 is 2.48 bits per heavy atom. The molecule has 0 radical (unpaired) electrons. The van der Waals surface area contributed by atoms with Gasteiger partial charge < -0.3 is 5.43 Å². The van der Waals surface area contributed by atoms with E-state index in [1.165, 1.54) is 16.3 Å². The quantitative estimate of drug-likeness (QED) is 0.439. The van der Waals surface area contributed by atoms with E-state index < -0.39 is 0 Å². The van der Waals surface area contributed by atoms with E-state index >= 15 is 0 Å². The van der Waals surface area contributed by atoms with Crippen LogP contribution in [0.2, 0.25) is 0 Å². The molecule has 0 amide bonds. The minimum atomic E-state index is -0.266. The molecule has 0 spiro atoms. The van der Waals surface area contributed by atoms with Gasteiger partial charge in [-0.1, -0.05) is 20.8 Å². The van der Waals surface area contributed by atoms with E-state index in [0.717, 1.165) is 5.56 Å². The molecule has 21 heavy (non-hydrogen) atoms. The maximum Gasteiger partial charge on any atom is 0.343 e. The molecule has 0 bridgehead atoms. The topological polar surface area (TPSA) is 115 Å². The van der Waals surface area contributed by atoms with Crippen LogP contribution in [0.3, 0.4) is 0 Å². The summed E-state index contributed by atoms with van der Waals surface area (Å²) in [6, 6.07) is 0. The van der Waals surface area contributed by atoms with E-state index in [1.54, 1.807) is 7.05 Å². The molecule has 2 heterocycles. The van der Waals surface area contributed by atoms with Crippen molar-refractivity contribution in [3.05, 3.63) is 21.9 Å². The van der Waals surface area contributed by atoms with Crippen LogP contribution < -0.4 is 17.0 Å². The Morgan fingerprint density at radius 2 is 2.00 bits per heavy atom. The largest absolute Gasteiger partial charge is 0.343 e. The second kappa shape index (κ2) is 5.49. The van der Waals surface area contributed by atoms with Crippen molar-refractivity contribution >= 4 is 17.6 Å². The van der Waals surface area contributed by atoms with Crippen molar-refractivity contribution in [2.24, 2.45) is 12.9 Å². The number of nitrogen functional groups attached to an aromatic ring is 1. The fraction of sp³-hybridized carbons (Fsp3) is 0.500. The molecule has 114 valence electrons. The zero-order valence-electron chi connectivity index (χ0n) is 12.7. The Kier molecular flexibility index (Phi) is 4.06. The van der Waals surface area contributed by atoms with E-state index in [0.29, 0.717) is 21.8 Å². The van der Waals surface area contributed by atoms with Gasteiger partial charge in [0, 0.05) is 18.0 Å². The van der Waals surface area contributed by atoms with Crippen LogP contribution in [0, 0.1) is 6.92 Å². The second-order valence-corrected chi connectivity index (χ2v) is 6.65. The molecule has 2 aromatic rings. The summed E-state index contributed by atoms with van der Waals surface area (Å²) in [6.45, 7) is 7.94. The fourth-order valence-corrected chi connectivity index (χ4v) is 2.45. The van der Waals surface area contributed by atoms with Crippen molar-refractivity contribution in [3.8, 4) is 0 Å². The van der Waals surface area contributed by atoms with Gasteiger partial charge in [0.05, 0.1) is 0 Å². The Balaban J connectivity index is 2.52. The second-order valence-electron chi connectivity index (χ2n) is 5.69. The summed E-state index contributed by atoms with van der Waals surface area (Å²) in [4.78, 5) is 20.5. The number of hydrazine groups is 1. The first-order valence-corrected chi connectivity index (χ1v) is 7.20. The number of nitrogens with two attached hydrogens (primary N) is 1. The Morgan fingerprint density at radius 1 is 1.33 bits per heavy atom. The first kappa shape index (κ1) is 15.5. The van der Waals surface area contributed by atoms with Gasteiger partial charge in [0.2, 0.25) is 0 Å². The third kappa shape index (κ3) is 3.08. The average Bonchev–Trinajstić information content (AvgIpc) is 2.71. The molecule has 0 saturated heterocycles. The lowest BCUT2D eigenvalue weighted by Gasteiger charge is -2.19. The van der Waals surface area contributed by atoms with Crippen LogP contribution in [0.5, 0.6) is 0 Å². The lowest BCUT2D eigenvalue weighted by molar-refractivity contribution is 0.538. The maximum absolute atomic E-state index is 11.4. The number of rotatable bonds is 3. The van der Waals surface area contributed by atoms with Gasteiger partial charge in [0.1, 0.15) is 16.7 Å². The highest BCUT2D eigenvalue weighted by Gasteiger charge is 2.22. The number of hydrogen-bond acceptors (Lipinski definition) is 7. The summed E-state index contributed by atoms with van der Waals surface area (Å²) < 4.78 is 1.43. The van der Waals surface area contributed by atoms with Gasteiger partial charge in [-0.05, 0) is 18.7 Å². The molecule has 4 N–H and O–H groups in total. The van der Waals surface area contributed by atoms with Crippen LogP contribution in [0.4, 0.5) is 5.82 Å². The van der Waals surface area contributed by atoms with E-state index in [-0.39, 0.29) is 11.1 Å². The molecule has 2 aromatic heterocycles. The van der Waals surface area contributed by atoms with Crippen LogP contribution in [0.25, 0.3) is 0 Å². The average molecular weight is 309 g/mol. The number of nitrogens with zero attached hydrogens (tertiary/aromatic N) is 4. The number of aromatic amines is 1. The molecule has 0 fully saturated rings. The fourth-order valence-electron chi connectivity index (χ4n) is 1.58. The zero-order valence-corrected chi connectivity index (χ0v) is 13.5. The molecule has 0 aliphatic heterocycles. The van der Waals surface area contributed by atoms with Crippen molar-refractivity contribution in [3.63, 3.8) is 0 Å². The van der Waals surface area contributed by atoms with Gasteiger partial charge in [0.15, 0.2) is 5.16 Å². The van der Waals surface area contributed by atoms with E-state index in [1.807, 2.05) is 27.7 Å². The van der Waals surface area contributed by atoms with Gasteiger partial charge in [0.25, 0.3) is 0 Å². The Bertz CT molecular complexity index is 713. The highest BCUT2D eigenvalue weighted by molar-refractivity contribution is 7.99. The molecule has 0 unspecified atom stereocenters. The summed E-state index contributed by atoms with van der Waals surface area (Å²) in [5.74, 6) is 6.77. The van der Waals surface area contributed by atoms with Crippen molar-refractivity contribution in [2.75, 3.05) is 5.43 Å². The third-order valence-electron chi connectivity index (χ3n) is 2.94. The molecule has 2 rings (SSSR count). The van der Waals surface area contributed by atoms with Crippen LogP contribution in [-0.4, -0.2) is 24.7 Å². The predicted molar refractivity (Wildman–Crippen MR) is 81.2 cm³/mol. The van der Waals surface area contributed by atoms with Crippen molar-refractivity contribution < 1.29 is 0 Å². The summed E-state index contributed by atoms with van der Waals surface area (Å²) in [7, 11) is 1.65. The standard InChI is InChI=1S/C12H19N7OS/c1-6-7(16-13)14-9(12(2,3)4)15-8(6)21-11-18-17-10(20)19(11)5/h13H2,1-5H3,(H,17,20)(H,14,15,16). The third-order valence-corrected chi connectivity index (χ3v) is 4.07. The molecular formula is C12H19N7OS. The molecule has 8 nitrogen and oxygen atoms in total. The molecule has 0 atom stereocenters. The summed E-state index contributed by atoms with van der Waals surface area (Å²) in [5.41, 5.74) is 2.92. The first-order chi connectivity index (χ1) is 9.74. The lowest BCUT2D eigenvalue weighted by Crippen LogP contribution is -2.20. The first-order valence-electron chi connectivity index (χ1n) is 6.39. The SMILES string of the molecule is Cc1c(NN)nc(C(C)(C)C)nc1Sc1n[nH]c(=O)n1C. The lowest BCUT2D eigenvalue weighted by atomic mass is 9.95. The number of nitrogens with one attached hydrogen (secondary N) is 2. The minimum Gasteiger partial charge on any atom is -0.308 e. The van der Waals surface area contributed by atoms with Crippen LogP contribution >= 0.6 is 11.8 Å². The maximum atomic E-state index is 11.4. The molecule has 0 aromatic carbocycles. The minimum absolute atomic E-state index is 0.216. The summed E-state index contributed by atoms with van der Waals surface area (Å²) in [6.07, 6.45) is 0. The smallest absolute Gasteiger partial charge is 0.308 e. The molecule has 9 heteroatoms. The number of anilines is 1. The van der Waals surface area contributed by atoms with E-state index in [4.69, 9.17) is 5.84 Å². The molecule has 0 aliphatic rings. The monoisotopic (exact) mass is 309 g/mol. The van der Waals surface area contributed by atoms with Gasteiger partial charge in [-0.2, -0.15) is 0 Å². The van der Waals surface area contributed by atoms with Crippen LogP contribution in [-0.2, 0) is 12.5 Å². The predicted octanol–water partition coefficient (Wildman–Crippen LogP) is 0.941. The van der Waals surface area contributed by atoms with Crippen molar-refractivity contribution in [1.82, 2.24) is 24.7 Å². The van der Waals surface area contributed by atoms with Crippen LogP contribution in [0.1, 0.15) is 32.2 Å². The normalized spacial score (nSPS) is 11.7. The number of hydrogen-bond donors (Lipinski definition) is 3. The van der Waals surface area contributed by atoms with Gasteiger partial charge in [-0.3, -0.25) is 4.57 Å². The van der Waals surface area contributed by atoms with Crippen molar-refractivity contribution in [2.45, 2.75) is 43.3 Å². The molecule has 0 aliphatic carbocycles. The highest BCUT2D eigenvalue weighted by atomic mass is 32.2. The van der Waals surface area contributed by atoms with Crippen LogP contribution in [0.15, 0.2) is 15.0 Å². The summed E-state index contributed by atoms with van der Waals surface area (Å²) >= 11 is 1.30. The molecule has 0 saturated carbocycles. The van der Waals surface area contributed by atoms with Gasteiger partial charge in [-0.25, -0.2) is 25.7 Å². The van der Waals surface area contributed by atoms with Gasteiger partial charge >= 0.3 is 5.69 Å². The zero-order chi connectivity index (χ0) is 15.8. The van der Waals surface area contributed by atoms with Crippen molar-refractivity contribution in [1.29, 1.82) is 0 Å². The summed E-state index contributed by atoms with van der Waals surface area (Å²) in [5, 5.41) is 7.62. The Labute approximate surface area is 126 Å². The highest BCUT2D eigenvalue weighted by Crippen LogP contribution is 2.31. The van der Waals surface area contributed by atoms with Gasteiger partial charge in [-0.15, -0.1) is 5.10 Å².